The van der Waals surface area contributed by atoms with Crippen LogP contribution in [0.5, 0.6) is 0 Å². The third kappa shape index (κ3) is 2.78. The van der Waals surface area contributed by atoms with Gasteiger partial charge in [-0.05, 0) is 17.2 Å². The largest absolute Gasteiger partial charge is 0.479 e. The highest BCUT2D eigenvalue weighted by Gasteiger charge is 2.24. The number of hydrogen-bond acceptors (Lipinski definition) is 5. The van der Waals surface area contributed by atoms with Gasteiger partial charge in [0.15, 0.2) is 6.10 Å². The number of carbonyl (C=O) groups is 1. The molecule has 0 aromatic heterocycles. The fourth-order valence-corrected chi connectivity index (χ4v) is 1.21. The van der Waals surface area contributed by atoms with Crippen LogP contribution < -0.4 is 0 Å². The summed E-state index contributed by atoms with van der Waals surface area (Å²) in [6, 6.07) is 6.02. The number of oxime groups is 1. The molecule has 16 heavy (non-hydrogen) atoms. The second-order valence-corrected chi connectivity index (χ2v) is 3.14. The molecule has 2 atom stereocenters. The lowest BCUT2D eigenvalue weighted by Gasteiger charge is -2.14. The van der Waals surface area contributed by atoms with E-state index in [0.717, 1.165) is 6.21 Å². The molecular weight excluding hydrogens is 214 g/mol. The summed E-state index contributed by atoms with van der Waals surface area (Å²) in [4.78, 5) is 10.4. The number of rotatable bonds is 4. The van der Waals surface area contributed by atoms with Gasteiger partial charge in [-0.1, -0.05) is 23.4 Å². The summed E-state index contributed by atoms with van der Waals surface area (Å²) in [5.74, 6) is -1.51. The molecule has 0 aliphatic rings. The maximum atomic E-state index is 10.4. The molecule has 0 spiro atoms. The molecule has 6 heteroatoms. The van der Waals surface area contributed by atoms with Crippen molar-refractivity contribution in [2.45, 2.75) is 12.2 Å². The number of carboxylic acid groups (broad SMARTS) is 1. The van der Waals surface area contributed by atoms with E-state index in [9.17, 15) is 9.90 Å². The van der Waals surface area contributed by atoms with E-state index < -0.39 is 18.2 Å². The summed E-state index contributed by atoms with van der Waals surface area (Å²) in [6.07, 6.45) is -2.28. The van der Waals surface area contributed by atoms with Crippen molar-refractivity contribution in [2.75, 3.05) is 0 Å². The van der Waals surface area contributed by atoms with Crippen LogP contribution in [0, 0.1) is 0 Å². The van der Waals surface area contributed by atoms with Gasteiger partial charge in [0.1, 0.15) is 6.10 Å². The third-order valence-electron chi connectivity index (χ3n) is 2.01. The smallest absolute Gasteiger partial charge is 0.335 e. The number of aliphatic hydroxyl groups excluding tert-OH is 2. The molecule has 0 heterocycles. The van der Waals surface area contributed by atoms with Gasteiger partial charge in [0, 0.05) is 0 Å². The number of hydrogen-bond donors (Lipinski definition) is 4. The Balaban J connectivity index is 2.95. The topological polar surface area (TPSA) is 110 Å². The molecule has 0 aliphatic heterocycles. The monoisotopic (exact) mass is 225 g/mol. The summed E-state index contributed by atoms with van der Waals surface area (Å²) >= 11 is 0. The van der Waals surface area contributed by atoms with Gasteiger partial charge >= 0.3 is 5.97 Å². The summed E-state index contributed by atoms with van der Waals surface area (Å²) in [6.45, 7) is 0. The normalized spacial score (nSPS) is 14.9. The van der Waals surface area contributed by atoms with Crippen LogP contribution >= 0.6 is 0 Å². The lowest BCUT2D eigenvalue weighted by atomic mass is 10.0. The van der Waals surface area contributed by atoms with Crippen LogP contribution in [-0.2, 0) is 4.79 Å². The second-order valence-electron chi connectivity index (χ2n) is 3.14. The lowest BCUT2D eigenvalue weighted by molar-refractivity contribution is -0.153. The number of carboxylic acids is 1. The van der Waals surface area contributed by atoms with Gasteiger partial charge in [-0.2, -0.15) is 0 Å². The standard InChI is InChI=1S/C10H11NO5/c12-8(9(13)10(14)15)7-3-1-2-6(4-7)5-11-16/h1-5,8-9,12-13,16H,(H,14,15). The van der Waals surface area contributed by atoms with E-state index >= 15 is 0 Å². The van der Waals surface area contributed by atoms with E-state index in [4.69, 9.17) is 15.4 Å². The van der Waals surface area contributed by atoms with Crippen LogP contribution in [0.2, 0.25) is 0 Å². The van der Waals surface area contributed by atoms with Crippen molar-refractivity contribution in [3.8, 4) is 0 Å². The highest BCUT2D eigenvalue weighted by Crippen LogP contribution is 2.17. The highest BCUT2D eigenvalue weighted by atomic mass is 16.4. The van der Waals surface area contributed by atoms with E-state index in [1.165, 1.54) is 12.1 Å². The molecule has 1 rings (SSSR count). The van der Waals surface area contributed by atoms with Crippen LogP contribution in [-0.4, -0.2) is 38.8 Å². The van der Waals surface area contributed by atoms with Gasteiger partial charge < -0.3 is 20.5 Å². The molecule has 6 nitrogen and oxygen atoms in total. The predicted molar refractivity (Wildman–Crippen MR) is 54.4 cm³/mol. The molecule has 2 unspecified atom stereocenters. The minimum Gasteiger partial charge on any atom is -0.479 e. The quantitative estimate of drug-likeness (QED) is 0.327. The summed E-state index contributed by atoms with van der Waals surface area (Å²) < 4.78 is 0. The van der Waals surface area contributed by atoms with Crippen LogP contribution in [0.4, 0.5) is 0 Å². The van der Waals surface area contributed by atoms with Crippen molar-refractivity contribution >= 4 is 12.2 Å². The lowest BCUT2D eigenvalue weighted by Crippen LogP contribution is -2.27. The van der Waals surface area contributed by atoms with E-state index in [-0.39, 0.29) is 5.56 Å². The minimum atomic E-state index is -1.89. The Morgan fingerprint density at radius 1 is 1.38 bits per heavy atom. The van der Waals surface area contributed by atoms with Gasteiger partial charge in [0.2, 0.25) is 0 Å². The maximum Gasteiger partial charge on any atom is 0.335 e. The first-order chi connectivity index (χ1) is 7.56. The molecule has 0 aliphatic carbocycles. The van der Waals surface area contributed by atoms with Crippen LogP contribution in [0.25, 0.3) is 0 Å². The van der Waals surface area contributed by atoms with Crippen molar-refractivity contribution < 1.29 is 25.3 Å². The number of benzene rings is 1. The van der Waals surface area contributed by atoms with E-state index in [0.29, 0.717) is 5.56 Å². The second kappa shape index (κ2) is 5.24. The van der Waals surface area contributed by atoms with Crippen molar-refractivity contribution in [1.29, 1.82) is 0 Å². The SMILES string of the molecule is O=C(O)C(O)C(O)c1cccc(C=NO)c1. The van der Waals surface area contributed by atoms with Crippen molar-refractivity contribution in [2.24, 2.45) is 5.16 Å². The van der Waals surface area contributed by atoms with Crippen LogP contribution in [0.15, 0.2) is 29.4 Å². The molecule has 4 N–H and O–H groups in total. The Kier molecular flexibility index (Phi) is 3.98. The summed E-state index contributed by atoms with van der Waals surface area (Å²) in [5, 5.41) is 38.3. The Hall–Kier alpha value is -1.92. The van der Waals surface area contributed by atoms with Crippen molar-refractivity contribution in [3.05, 3.63) is 35.4 Å². The number of aliphatic carboxylic acids is 1. The average Bonchev–Trinajstić information content (AvgIpc) is 2.28. The maximum absolute atomic E-state index is 10.4. The van der Waals surface area contributed by atoms with E-state index in [1.807, 2.05) is 0 Å². The van der Waals surface area contributed by atoms with Gasteiger partial charge in [-0.15, -0.1) is 0 Å². The number of nitrogens with zero attached hydrogens (tertiary/aromatic N) is 1. The van der Waals surface area contributed by atoms with Crippen molar-refractivity contribution in [1.82, 2.24) is 0 Å². The van der Waals surface area contributed by atoms with Crippen LogP contribution in [0.1, 0.15) is 17.2 Å². The first-order valence-electron chi connectivity index (χ1n) is 4.42. The van der Waals surface area contributed by atoms with Gasteiger partial charge in [-0.25, -0.2) is 4.79 Å². The predicted octanol–water partition coefficient (Wildman–Crippen LogP) is -0.0264. The minimum absolute atomic E-state index is 0.229. The molecule has 0 amide bonds. The van der Waals surface area contributed by atoms with Crippen molar-refractivity contribution in [3.63, 3.8) is 0 Å². The zero-order valence-corrected chi connectivity index (χ0v) is 8.19. The first kappa shape index (κ1) is 12.2. The van der Waals surface area contributed by atoms with E-state index in [1.54, 1.807) is 12.1 Å². The molecule has 0 fully saturated rings. The molecule has 1 aromatic rings. The molecule has 0 radical (unpaired) electrons. The molecule has 86 valence electrons. The van der Waals surface area contributed by atoms with Crippen LogP contribution in [0.3, 0.4) is 0 Å². The Labute approximate surface area is 91.1 Å². The summed E-state index contributed by atoms with van der Waals surface area (Å²) in [7, 11) is 0. The Morgan fingerprint density at radius 3 is 2.62 bits per heavy atom. The van der Waals surface area contributed by atoms with Gasteiger partial charge in [-0.3, -0.25) is 0 Å². The fraction of sp³-hybridized carbons (Fsp3) is 0.200. The number of aliphatic hydroxyl groups is 2. The third-order valence-corrected chi connectivity index (χ3v) is 2.01. The first-order valence-corrected chi connectivity index (χ1v) is 4.42. The fourth-order valence-electron chi connectivity index (χ4n) is 1.21. The average molecular weight is 225 g/mol. The zero-order valence-electron chi connectivity index (χ0n) is 8.19. The molecule has 0 saturated carbocycles. The molecular formula is C10H11NO5. The van der Waals surface area contributed by atoms with Gasteiger partial charge in [0.25, 0.3) is 0 Å². The Bertz CT molecular complexity index is 404. The molecule has 0 bridgehead atoms. The van der Waals surface area contributed by atoms with E-state index in [2.05, 4.69) is 5.16 Å². The Morgan fingerprint density at radius 2 is 2.06 bits per heavy atom. The highest BCUT2D eigenvalue weighted by molar-refractivity contribution is 5.79. The molecule has 0 saturated heterocycles. The summed E-state index contributed by atoms with van der Waals surface area (Å²) in [5.41, 5.74) is 0.712. The molecule has 1 aromatic carbocycles. The zero-order chi connectivity index (χ0) is 12.1. The van der Waals surface area contributed by atoms with Gasteiger partial charge in [0.05, 0.1) is 6.21 Å².